The van der Waals surface area contributed by atoms with Crippen molar-refractivity contribution in [1.29, 1.82) is 0 Å². The zero-order valence-electron chi connectivity index (χ0n) is 12.7. The van der Waals surface area contributed by atoms with Crippen LogP contribution in [0.3, 0.4) is 0 Å². The molecule has 7 nitrogen and oxygen atoms in total. The van der Waals surface area contributed by atoms with Gasteiger partial charge in [0.15, 0.2) is 0 Å². The first-order valence-corrected chi connectivity index (χ1v) is 8.99. The number of amides is 2. The van der Waals surface area contributed by atoms with Crippen molar-refractivity contribution in [3.63, 3.8) is 0 Å². The number of hydrogen-bond donors (Lipinski definition) is 5. The lowest BCUT2D eigenvalue weighted by Gasteiger charge is -2.31. The molecular weight excluding hydrogens is 338 g/mol. The first-order valence-electron chi connectivity index (χ1n) is 7.73. The SMILES string of the molecule is NC(CS)C(=O)N1C(C(=O)NC(CS)C(=O)O)CC2CCCC21. The Labute approximate surface area is 146 Å². The minimum atomic E-state index is -1.14. The Hall–Kier alpha value is -0.930. The normalized spacial score (nSPS) is 29.0. The molecule has 0 bridgehead atoms. The Morgan fingerprint density at radius 3 is 2.52 bits per heavy atom. The van der Waals surface area contributed by atoms with E-state index in [1.54, 1.807) is 4.90 Å². The van der Waals surface area contributed by atoms with Crippen molar-refractivity contribution in [3.8, 4) is 0 Å². The smallest absolute Gasteiger partial charge is 0.327 e. The number of nitrogens with zero attached hydrogens (tertiary/aromatic N) is 1. The van der Waals surface area contributed by atoms with Crippen molar-refractivity contribution in [2.75, 3.05) is 11.5 Å². The number of rotatable bonds is 6. The summed E-state index contributed by atoms with van der Waals surface area (Å²) in [6.45, 7) is 0. The topological polar surface area (TPSA) is 113 Å². The molecule has 9 heteroatoms. The number of hydrogen-bond acceptors (Lipinski definition) is 6. The zero-order chi connectivity index (χ0) is 17.1. The number of thiol groups is 2. The highest BCUT2D eigenvalue weighted by Gasteiger charge is 2.49. The number of likely N-dealkylation sites (tertiary alicyclic amines) is 1. The summed E-state index contributed by atoms with van der Waals surface area (Å²) < 4.78 is 0. The molecule has 1 saturated heterocycles. The van der Waals surface area contributed by atoms with Crippen LogP contribution in [0, 0.1) is 5.92 Å². The van der Waals surface area contributed by atoms with E-state index >= 15 is 0 Å². The highest BCUT2D eigenvalue weighted by atomic mass is 32.1. The van der Waals surface area contributed by atoms with Crippen LogP contribution in [0.5, 0.6) is 0 Å². The highest BCUT2D eigenvalue weighted by Crippen LogP contribution is 2.41. The molecule has 0 aromatic rings. The Morgan fingerprint density at radius 1 is 1.26 bits per heavy atom. The lowest BCUT2D eigenvalue weighted by atomic mass is 10.0. The van der Waals surface area contributed by atoms with E-state index in [2.05, 4.69) is 30.6 Å². The first kappa shape index (κ1) is 18.4. The number of fused-ring (bicyclic) bond motifs is 1. The summed E-state index contributed by atoms with van der Waals surface area (Å²) in [5, 5.41) is 11.5. The van der Waals surface area contributed by atoms with Gasteiger partial charge in [-0.05, 0) is 25.2 Å². The third-order valence-electron chi connectivity index (χ3n) is 4.71. The van der Waals surface area contributed by atoms with Gasteiger partial charge in [-0.3, -0.25) is 9.59 Å². The molecule has 1 saturated carbocycles. The fraction of sp³-hybridized carbons (Fsp3) is 0.786. The summed E-state index contributed by atoms with van der Waals surface area (Å²) in [6, 6.07) is -2.47. The van der Waals surface area contributed by atoms with Crippen LogP contribution >= 0.6 is 25.3 Å². The van der Waals surface area contributed by atoms with Crippen LogP contribution in [-0.4, -0.2) is 63.5 Å². The predicted octanol–water partition coefficient (Wildman–Crippen LogP) is -0.488. The van der Waals surface area contributed by atoms with Gasteiger partial charge in [-0.1, -0.05) is 6.42 Å². The Balaban J connectivity index is 2.16. The fourth-order valence-corrected chi connectivity index (χ4v) is 3.97. The largest absolute Gasteiger partial charge is 0.480 e. The quantitative estimate of drug-likeness (QED) is 0.410. The maximum atomic E-state index is 12.6. The summed E-state index contributed by atoms with van der Waals surface area (Å²) in [4.78, 5) is 37.7. The molecule has 5 unspecified atom stereocenters. The van der Waals surface area contributed by atoms with Gasteiger partial charge in [-0.15, -0.1) is 0 Å². The maximum Gasteiger partial charge on any atom is 0.327 e. The molecule has 0 radical (unpaired) electrons. The van der Waals surface area contributed by atoms with Crippen molar-refractivity contribution < 1.29 is 19.5 Å². The second-order valence-electron chi connectivity index (χ2n) is 6.13. The third-order valence-corrected chi connectivity index (χ3v) is 5.46. The third kappa shape index (κ3) is 3.77. The monoisotopic (exact) mass is 361 g/mol. The van der Waals surface area contributed by atoms with Crippen molar-refractivity contribution in [3.05, 3.63) is 0 Å². The van der Waals surface area contributed by atoms with Crippen molar-refractivity contribution in [2.24, 2.45) is 11.7 Å². The van der Waals surface area contributed by atoms with Gasteiger partial charge in [0, 0.05) is 17.5 Å². The van der Waals surface area contributed by atoms with Crippen molar-refractivity contribution in [2.45, 2.75) is 49.9 Å². The van der Waals surface area contributed by atoms with Crippen LogP contribution in [0.2, 0.25) is 0 Å². The van der Waals surface area contributed by atoms with Gasteiger partial charge in [-0.25, -0.2) is 4.79 Å². The van der Waals surface area contributed by atoms with E-state index in [1.807, 2.05) is 0 Å². The van der Waals surface area contributed by atoms with Gasteiger partial charge < -0.3 is 21.1 Å². The van der Waals surface area contributed by atoms with Crippen LogP contribution < -0.4 is 11.1 Å². The second kappa shape index (κ2) is 7.76. The molecule has 1 aliphatic heterocycles. The average molecular weight is 361 g/mol. The molecule has 0 aromatic carbocycles. The molecule has 4 N–H and O–H groups in total. The van der Waals surface area contributed by atoms with E-state index in [-0.39, 0.29) is 29.4 Å². The van der Waals surface area contributed by atoms with E-state index < -0.39 is 30.0 Å². The summed E-state index contributed by atoms with van der Waals surface area (Å²) in [5.41, 5.74) is 5.81. The molecule has 2 rings (SSSR count). The van der Waals surface area contributed by atoms with Crippen LogP contribution in [0.25, 0.3) is 0 Å². The number of nitrogens with one attached hydrogen (secondary N) is 1. The maximum absolute atomic E-state index is 12.6. The van der Waals surface area contributed by atoms with E-state index in [0.29, 0.717) is 6.42 Å². The molecule has 1 aliphatic carbocycles. The van der Waals surface area contributed by atoms with Gasteiger partial charge in [0.2, 0.25) is 11.8 Å². The van der Waals surface area contributed by atoms with E-state index in [0.717, 1.165) is 19.3 Å². The molecule has 2 aliphatic rings. The molecule has 2 fully saturated rings. The zero-order valence-corrected chi connectivity index (χ0v) is 14.5. The Kier molecular flexibility index (Phi) is 6.21. The van der Waals surface area contributed by atoms with Crippen molar-refractivity contribution in [1.82, 2.24) is 10.2 Å². The average Bonchev–Trinajstić information content (AvgIpc) is 3.10. The van der Waals surface area contributed by atoms with E-state index in [9.17, 15) is 14.4 Å². The molecular formula is C14H23N3O4S2. The number of carbonyl (C=O) groups is 3. The molecule has 5 atom stereocenters. The summed E-state index contributed by atoms with van der Waals surface area (Å²) in [7, 11) is 0. The number of carboxylic acid groups (broad SMARTS) is 1. The standard InChI is InChI=1S/C14H23N3O4S2/c15-8(5-22)13(19)17-10-3-1-2-7(10)4-11(17)12(18)16-9(6-23)14(20)21/h7-11,22-23H,1-6,15H2,(H,16,18)(H,20,21). The van der Waals surface area contributed by atoms with Gasteiger partial charge in [0.05, 0.1) is 6.04 Å². The predicted molar refractivity (Wildman–Crippen MR) is 91.6 cm³/mol. The van der Waals surface area contributed by atoms with Gasteiger partial charge in [0.25, 0.3) is 0 Å². The van der Waals surface area contributed by atoms with E-state index in [1.165, 1.54) is 0 Å². The van der Waals surface area contributed by atoms with Crippen LogP contribution in [0.1, 0.15) is 25.7 Å². The molecule has 1 heterocycles. The highest BCUT2D eigenvalue weighted by molar-refractivity contribution is 7.80. The lowest BCUT2D eigenvalue weighted by molar-refractivity contribution is -0.144. The summed E-state index contributed by atoms with van der Waals surface area (Å²) >= 11 is 8.00. The van der Waals surface area contributed by atoms with E-state index in [4.69, 9.17) is 10.8 Å². The van der Waals surface area contributed by atoms with Gasteiger partial charge >= 0.3 is 5.97 Å². The van der Waals surface area contributed by atoms with Crippen LogP contribution in [-0.2, 0) is 14.4 Å². The molecule has 0 aromatic heterocycles. The van der Waals surface area contributed by atoms with Crippen LogP contribution in [0.15, 0.2) is 0 Å². The minimum Gasteiger partial charge on any atom is -0.480 e. The minimum absolute atomic E-state index is 0.00918. The first-order chi connectivity index (χ1) is 10.9. The Morgan fingerprint density at radius 2 is 1.96 bits per heavy atom. The number of aliphatic carboxylic acids is 1. The Bertz CT molecular complexity index is 491. The summed E-state index contributed by atoms with van der Waals surface area (Å²) in [6.07, 6.45) is 3.41. The van der Waals surface area contributed by atoms with Gasteiger partial charge in [0.1, 0.15) is 12.1 Å². The second-order valence-corrected chi connectivity index (χ2v) is 6.86. The number of carboxylic acids is 1. The molecule has 23 heavy (non-hydrogen) atoms. The lowest BCUT2D eigenvalue weighted by Crippen LogP contribution is -2.56. The molecule has 0 spiro atoms. The fourth-order valence-electron chi connectivity index (χ4n) is 3.56. The van der Waals surface area contributed by atoms with Crippen molar-refractivity contribution >= 4 is 43.0 Å². The number of nitrogens with two attached hydrogens (primary N) is 1. The molecule has 2 amide bonds. The number of carbonyl (C=O) groups excluding carboxylic acids is 2. The van der Waals surface area contributed by atoms with Gasteiger partial charge in [-0.2, -0.15) is 25.3 Å². The molecule has 130 valence electrons. The van der Waals surface area contributed by atoms with Crippen LogP contribution in [0.4, 0.5) is 0 Å². The summed E-state index contributed by atoms with van der Waals surface area (Å²) in [5.74, 6) is -1.40.